The van der Waals surface area contributed by atoms with Crippen LogP contribution in [0.3, 0.4) is 0 Å². The fraction of sp³-hybridized carbons (Fsp3) is 0.364. The van der Waals surface area contributed by atoms with E-state index in [2.05, 4.69) is 11.6 Å². The first-order chi connectivity index (χ1) is 5.57. The maximum Gasteiger partial charge on any atom is 0.0586 e. The lowest BCUT2D eigenvalue weighted by Gasteiger charge is -1.98. The molecule has 0 aromatic rings. The minimum atomic E-state index is 0.841. The summed E-state index contributed by atoms with van der Waals surface area (Å²) in [5.74, 6) is 0. The molecule has 0 amide bonds. The number of rotatable bonds is 3. The Hall–Kier alpha value is -1.11. The molecular weight excluding hydrogens is 146 g/mol. The number of nitrogens with zero attached hydrogens (tertiary/aromatic N) is 1. The molecule has 0 bridgehead atoms. The first kappa shape index (κ1) is 10.9. The van der Waals surface area contributed by atoms with Gasteiger partial charge in [0.05, 0.1) is 5.70 Å². The van der Waals surface area contributed by atoms with Crippen molar-refractivity contribution >= 4 is 5.71 Å². The summed E-state index contributed by atoms with van der Waals surface area (Å²) in [6.45, 7) is 11.8. The lowest BCUT2D eigenvalue weighted by atomic mass is 10.2. The van der Waals surface area contributed by atoms with Gasteiger partial charge in [0.1, 0.15) is 0 Å². The van der Waals surface area contributed by atoms with Gasteiger partial charge in [-0.05, 0) is 33.3 Å². The molecule has 0 radical (unpaired) electrons. The zero-order chi connectivity index (χ0) is 9.56. The van der Waals surface area contributed by atoms with Crippen LogP contribution in [0, 0.1) is 0 Å². The molecule has 12 heavy (non-hydrogen) atoms. The normalized spacial score (nSPS) is 11.8. The first-order valence-corrected chi connectivity index (χ1v) is 4.08. The number of allylic oxidation sites excluding steroid dienone is 4. The van der Waals surface area contributed by atoms with Crippen LogP contribution in [-0.2, 0) is 0 Å². The Balaban J connectivity index is 4.40. The third-order valence-corrected chi connectivity index (χ3v) is 1.35. The second-order valence-corrected chi connectivity index (χ2v) is 2.88. The Morgan fingerprint density at radius 2 is 1.83 bits per heavy atom. The highest BCUT2D eigenvalue weighted by molar-refractivity contribution is 5.80. The average Bonchev–Trinajstić information content (AvgIpc) is 1.98. The van der Waals surface area contributed by atoms with Crippen molar-refractivity contribution in [2.45, 2.75) is 27.7 Å². The van der Waals surface area contributed by atoms with Gasteiger partial charge in [0, 0.05) is 5.71 Å². The Morgan fingerprint density at radius 3 is 2.25 bits per heavy atom. The van der Waals surface area contributed by atoms with E-state index in [9.17, 15) is 0 Å². The number of hydrogen-bond donors (Lipinski definition) is 0. The van der Waals surface area contributed by atoms with Gasteiger partial charge < -0.3 is 0 Å². The molecule has 0 unspecified atom stereocenters. The van der Waals surface area contributed by atoms with Crippen molar-refractivity contribution in [3.05, 3.63) is 36.1 Å². The summed E-state index contributed by atoms with van der Waals surface area (Å²) in [4.78, 5) is 4.25. The van der Waals surface area contributed by atoms with Gasteiger partial charge in [-0.25, -0.2) is 0 Å². The van der Waals surface area contributed by atoms with Crippen LogP contribution in [0.5, 0.6) is 0 Å². The van der Waals surface area contributed by atoms with Crippen LogP contribution >= 0.6 is 0 Å². The molecule has 0 atom stereocenters. The van der Waals surface area contributed by atoms with E-state index in [0.29, 0.717) is 0 Å². The van der Waals surface area contributed by atoms with Crippen molar-refractivity contribution in [3.63, 3.8) is 0 Å². The summed E-state index contributed by atoms with van der Waals surface area (Å²) < 4.78 is 0. The number of hydrogen-bond acceptors (Lipinski definition) is 1. The molecule has 66 valence electrons. The van der Waals surface area contributed by atoms with Gasteiger partial charge in [-0.2, -0.15) is 0 Å². The average molecular weight is 163 g/mol. The summed E-state index contributed by atoms with van der Waals surface area (Å²) in [5.41, 5.74) is 2.98. The van der Waals surface area contributed by atoms with Crippen LogP contribution < -0.4 is 0 Å². The lowest BCUT2D eigenvalue weighted by molar-refractivity contribution is 1.29. The van der Waals surface area contributed by atoms with Gasteiger partial charge >= 0.3 is 0 Å². The highest BCUT2D eigenvalue weighted by Gasteiger charge is 1.91. The fourth-order valence-electron chi connectivity index (χ4n) is 0.695. The Morgan fingerprint density at radius 1 is 1.25 bits per heavy atom. The second kappa shape index (κ2) is 5.53. The van der Waals surface area contributed by atoms with Crippen LogP contribution in [0.15, 0.2) is 41.1 Å². The molecule has 1 heteroatoms. The molecule has 0 saturated heterocycles. The van der Waals surface area contributed by atoms with Crippen LogP contribution in [0.25, 0.3) is 0 Å². The molecule has 0 aliphatic heterocycles. The predicted molar refractivity (Wildman–Crippen MR) is 56.5 cm³/mol. The van der Waals surface area contributed by atoms with Crippen molar-refractivity contribution in [2.24, 2.45) is 4.99 Å². The Bertz CT molecular complexity index is 238. The van der Waals surface area contributed by atoms with Gasteiger partial charge in [-0.15, -0.1) is 0 Å². The van der Waals surface area contributed by atoms with Gasteiger partial charge in [-0.1, -0.05) is 24.8 Å². The van der Waals surface area contributed by atoms with Crippen LogP contribution in [0.4, 0.5) is 0 Å². The molecule has 0 aliphatic rings. The maximum atomic E-state index is 4.25. The largest absolute Gasteiger partial charge is 0.259 e. The van der Waals surface area contributed by atoms with E-state index in [1.807, 2.05) is 45.9 Å². The van der Waals surface area contributed by atoms with Gasteiger partial charge in [0.25, 0.3) is 0 Å². The van der Waals surface area contributed by atoms with Crippen molar-refractivity contribution in [1.29, 1.82) is 0 Å². The van der Waals surface area contributed by atoms with Gasteiger partial charge in [0.15, 0.2) is 0 Å². The maximum absolute atomic E-state index is 4.25. The van der Waals surface area contributed by atoms with Crippen molar-refractivity contribution in [3.8, 4) is 0 Å². The summed E-state index contributed by atoms with van der Waals surface area (Å²) in [6.07, 6.45) is 5.98. The van der Waals surface area contributed by atoms with E-state index in [4.69, 9.17) is 0 Å². The monoisotopic (exact) mass is 163 g/mol. The molecule has 0 aromatic heterocycles. The summed E-state index contributed by atoms with van der Waals surface area (Å²) in [6, 6.07) is 0. The fourth-order valence-corrected chi connectivity index (χ4v) is 0.695. The smallest absolute Gasteiger partial charge is 0.0586 e. The molecule has 0 saturated carbocycles. The second-order valence-electron chi connectivity index (χ2n) is 2.88. The summed E-state index contributed by atoms with van der Waals surface area (Å²) in [5, 5.41) is 0. The lowest BCUT2D eigenvalue weighted by Crippen LogP contribution is -1.85. The minimum absolute atomic E-state index is 0.841. The van der Waals surface area contributed by atoms with Crippen molar-refractivity contribution < 1.29 is 0 Å². The van der Waals surface area contributed by atoms with E-state index in [0.717, 1.165) is 17.0 Å². The molecule has 0 heterocycles. The first-order valence-electron chi connectivity index (χ1n) is 4.08. The van der Waals surface area contributed by atoms with E-state index in [-0.39, 0.29) is 0 Å². The predicted octanol–water partition coefficient (Wildman–Crippen LogP) is 3.50. The zero-order valence-electron chi connectivity index (χ0n) is 8.39. The van der Waals surface area contributed by atoms with Crippen molar-refractivity contribution in [2.75, 3.05) is 0 Å². The molecule has 1 nitrogen and oxygen atoms in total. The van der Waals surface area contributed by atoms with Gasteiger partial charge in [-0.3, -0.25) is 4.99 Å². The van der Waals surface area contributed by atoms with E-state index in [1.54, 1.807) is 0 Å². The van der Waals surface area contributed by atoms with E-state index >= 15 is 0 Å². The molecule has 0 fully saturated rings. The topological polar surface area (TPSA) is 12.4 Å². The third kappa shape index (κ3) is 4.67. The minimum Gasteiger partial charge on any atom is -0.259 e. The van der Waals surface area contributed by atoms with Gasteiger partial charge in [0.2, 0.25) is 0 Å². The van der Waals surface area contributed by atoms with Crippen LogP contribution in [0.1, 0.15) is 27.7 Å². The molecule has 0 rings (SSSR count). The SMILES string of the molecule is C=C(N=C(C)C)/C(C)=C/C=CC. The summed E-state index contributed by atoms with van der Waals surface area (Å²) >= 11 is 0. The van der Waals surface area contributed by atoms with Crippen LogP contribution in [-0.4, -0.2) is 5.71 Å². The molecular formula is C11H17N. The molecule has 0 aliphatic carbocycles. The van der Waals surface area contributed by atoms with Crippen molar-refractivity contribution in [1.82, 2.24) is 0 Å². The molecule has 0 aromatic carbocycles. The zero-order valence-corrected chi connectivity index (χ0v) is 8.39. The van der Waals surface area contributed by atoms with E-state index < -0.39 is 0 Å². The quantitative estimate of drug-likeness (QED) is 0.446. The highest BCUT2D eigenvalue weighted by atomic mass is 14.7. The Labute approximate surface area is 75.2 Å². The third-order valence-electron chi connectivity index (χ3n) is 1.35. The Kier molecular flexibility index (Phi) is 5.02. The number of aliphatic imine (C=N–C) groups is 1. The highest BCUT2D eigenvalue weighted by Crippen LogP contribution is 2.08. The standard InChI is InChI=1S/C11H17N/c1-6-7-8-10(4)11(5)12-9(2)3/h6-8H,5H2,1-4H3/b7-6?,10-8+. The van der Waals surface area contributed by atoms with Crippen LogP contribution in [0.2, 0.25) is 0 Å². The summed E-state index contributed by atoms with van der Waals surface area (Å²) in [7, 11) is 0. The molecule has 0 spiro atoms. The molecule has 0 N–H and O–H groups in total. The van der Waals surface area contributed by atoms with E-state index in [1.165, 1.54) is 0 Å².